The van der Waals surface area contributed by atoms with E-state index in [1.807, 2.05) is 18.2 Å². The Labute approximate surface area is 136 Å². The number of nitrogens with one attached hydrogen (secondary N) is 1. The summed E-state index contributed by atoms with van der Waals surface area (Å²) in [7, 11) is 0. The first-order valence-electron chi connectivity index (χ1n) is 6.58. The molecular formula is C14H13ClN4O2S. The highest BCUT2D eigenvalue weighted by Gasteiger charge is 2.12. The van der Waals surface area contributed by atoms with E-state index in [0.29, 0.717) is 27.8 Å². The third kappa shape index (κ3) is 3.37. The Bertz CT molecular complexity index is 758. The van der Waals surface area contributed by atoms with Crippen molar-refractivity contribution in [2.45, 2.75) is 19.9 Å². The van der Waals surface area contributed by atoms with Crippen molar-refractivity contribution in [3.8, 4) is 21.6 Å². The number of rotatable bonds is 5. The van der Waals surface area contributed by atoms with Gasteiger partial charge in [0.05, 0.1) is 16.1 Å². The average molecular weight is 337 g/mol. The standard InChI is InChI=1S/C14H13ClN4O2S/c1-8(2)18-9-3-4-11(10(15)5-9)21-14-16-6-12(22-14)13-17-7-20-19-13/h3-8,18H,1-2H3. The summed E-state index contributed by atoms with van der Waals surface area (Å²) >= 11 is 7.56. The molecule has 3 rings (SSSR count). The molecule has 0 radical (unpaired) electrons. The van der Waals surface area contributed by atoms with Gasteiger partial charge in [0.2, 0.25) is 12.2 Å². The van der Waals surface area contributed by atoms with Crippen LogP contribution in [0.25, 0.3) is 10.7 Å². The summed E-state index contributed by atoms with van der Waals surface area (Å²) in [5, 5.41) is 8.02. The number of ether oxygens (including phenoxy) is 1. The average Bonchev–Trinajstić information content (AvgIpc) is 3.12. The van der Waals surface area contributed by atoms with Crippen molar-refractivity contribution in [3.63, 3.8) is 0 Å². The number of benzene rings is 1. The maximum atomic E-state index is 6.24. The van der Waals surface area contributed by atoms with Crippen molar-refractivity contribution in [2.24, 2.45) is 0 Å². The molecule has 0 atom stereocenters. The largest absolute Gasteiger partial charge is 0.429 e. The molecule has 1 aromatic carbocycles. The molecule has 0 fully saturated rings. The van der Waals surface area contributed by atoms with Gasteiger partial charge in [-0.25, -0.2) is 4.98 Å². The molecule has 114 valence electrons. The maximum Gasteiger partial charge on any atom is 0.279 e. The maximum absolute atomic E-state index is 6.24. The predicted octanol–water partition coefficient (Wildman–Crippen LogP) is 4.46. The van der Waals surface area contributed by atoms with E-state index in [0.717, 1.165) is 10.6 Å². The van der Waals surface area contributed by atoms with Gasteiger partial charge in [0.15, 0.2) is 0 Å². The number of anilines is 1. The van der Waals surface area contributed by atoms with E-state index in [4.69, 9.17) is 20.9 Å². The highest BCUT2D eigenvalue weighted by molar-refractivity contribution is 7.16. The quantitative estimate of drug-likeness (QED) is 0.741. The fraction of sp³-hybridized carbons (Fsp3) is 0.214. The zero-order valence-electron chi connectivity index (χ0n) is 11.9. The second-order valence-corrected chi connectivity index (χ2v) is 6.19. The second-order valence-electron chi connectivity index (χ2n) is 4.79. The third-order valence-corrected chi connectivity index (χ3v) is 3.82. The van der Waals surface area contributed by atoms with E-state index in [1.54, 1.807) is 6.20 Å². The Morgan fingerprint density at radius 3 is 2.86 bits per heavy atom. The van der Waals surface area contributed by atoms with Crippen LogP contribution in [0.15, 0.2) is 35.3 Å². The first kappa shape index (κ1) is 14.8. The lowest BCUT2D eigenvalue weighted by atomic mass is 10.2. The molecule has 3 aromatic rings. The number of hydrogen-bond acceptors (Lipinski definition) is 7. The lowest BCUT2D eigenvalue weighted by Crippen LogP contribution is -2.09. The summed E-state index contributed by atoms with van der Waals surface area (Å²) in [6, 6.07) is 5.88. The van der Waals surface area contributed by atoms with Gasteiger partial charge in [-0.3, -0.25) is 0 Å². The zero-order chi connectivity index (χ0) is 15.5. The lowest BCUT2D eigenvalue weighted by Gasteiger charge is -2.11. The monoisotopic (exact) mass is 336 g/mol. The summed E-state index contributed by atoms with van der Waals surface area (Å²) in [5.74, 6) is 1.03. The third-order valence-electron chi connectivity index (χ3n) is 2.65. The number of thiazole rings is 1. The van der Waals surface area contributed by atoms with Crippen LogP contribution in [-0.4, -0.2) is 21.2 Å². The zero-order valence-corrected chi connectivity index (χ0v) is 13.5. The van der Waals surface area contributed by atoms with E-state index < -0.39 is 0 Å². The van der Waals surface area contributed by atoms with E-state index >= 15 is 0 Å². The van der Waals surface area contributed by atoms with Gasteiger partial charge in [-0.2, -0.15) is 4.98 Å². The number of aromatic nitrogens is 3. The first-order chi connectivity index (χ1) is 10.6. The molecule has 0 aliphatic rings. The number of hydrogen-bond donors (Lipinski definition) is 1. The summed E-state index contributed by atoms with van der Waals surface area (Å²) < 4.78 is 10.4. The van der Waals surface area contributed by atoms with E-state index in [2.05, 4.69) is 34.3 Å². The molecule has 0 aliphatic carbocycles. The van der Waals surface area contributed by atoms with Gasteiger partial charge in [0.1, 0.15) is 5.75 Å². The molecule has 2 heterocycles. The Morgan fingerprint density at radius 1 is 1.32 bits per heavy atom. The van der Waals surface area contributed by atoms with Gasteiger partial charge in [-0.1, -0.05) is 28.1 Å². The van der Waals surface area contributed by atoms with Crippen LogP contribution in [0.2, 0.25) is 5.02 Å². The molecule has 0 saturated heterocycles. The van der Waals surface area contributed by atoms with Gasteiger partial charge in [0, 0.05) is 11.7 Å². The Kier molecular flexibility index (Phi) is 4.26. The minimum atomic E-state index is 0.333. The molecule has 6 nitrogen and oxygen atoms in total. The molecule has 0 saturated carbocycles. The van der Waals surface area contributed by atoms with Gasteiger partial charge < -0.3 is 14.6 Å². The van der Waals surface area contributed by atoms with Crippen molar-refractivity contribution in [1.82, 2.24) is 15.1 Å². The highest BCUT2D eigenvalue weighted by Crippen LogP contribution is 2.35. The minimum Gasteiger partial charge on any atom is -0.429 e. The second kappa shape index (κ2) is 6.33. The Morgan fingerprint density at radius 2 is 2.18 bits per heavy atom. The smallest absolute Gasteiger partial charge is 0.279 e. The number of halogens is 1. The van der Waals surface area contributed by atoms with Crippen LogP contribution in [0, 0.1) is 0 Å². The molecule has 1 N–H and O–H groups in total. The van der Waals surface area contributed by atoms with Gasteiger partial charge >= 0.3 is 0 Å². The van der Waals surface area contributed by atoms with Crippen molar-refractivity contribution < 1.29 is 9.26 Å². The SMILES string of the molecule is CC(C)Nc1ccc(Oc2ncc(-c3ncon3)s2)c(Cl)c1. The molecule has 8 heteroatoms. The normalized spacial score (nSPS) is 10.9. The Balaban J connectivity index is 1.76. The van der Waals surface area contributed by atoms with Gasteiger partial charge in [-0.15, -0.1) is 0 Å². The molecule has 0 aliphatic heterocycles. The molecule has 0 spiro atoms. The molecule has 2 aromatic heterocycles. The van der Waals surface area contributed by atoms with Crippen LogP contribution in [0.3, 0.4) is 0 Å². The van der Waals surface area contributed by atoms with Crippen LogP contribution >= 0.6 is 22.9 Å². The summed E-state index contributed by atoms with van der Waals surface area (Å²) in [6.45, 7) is 4.13. The topological polar surface area (TPSA) is 73.1 Å². The molecule has 22 heavy (non-hydrogen) atoms. The van der Waals surface area contributed by atoms with E-state index in [-0.39, 0.29) is 0 Å². The van der Waals surface area contributed by atoms with Crippen LogP contribution < -0.4 is 10.1 Å². The first-order valence-corrected chi connectivity index (χ1v) is 7.78. The fourth-order valence-corrected chi connectivity index (χ4v) is 2.72. The van der Waals surface area contributed by atoms with E-state index in [9.17, 15) is 0 Å². The van der Waals surface area contributed by atoms with Crippen LogP contribution in [0.4, 0.5) is 5.69 Å². The molecule has 0 bridgehead atoms. The van der Waals surface area contributed by atoms with Crippen molar-refractivity contribution in [2.75, 3.05) is 5.32 Å². The van der Waals surface area contributed by atoms with Crippen molar-refractivity contribution in [3.05, 3.63) is 35.8 Å². The Hall–Kier alpha value is -2.12. The van der Waals surface area contributed by atoms with E-state index in [1.165, 1.54) is 17.7 Å². The summed E-state index contributed by atoms with van der Waals surface area (Å²) in [6.07, 6.45) is 2.90. The summed E-state index contributed by atoms with van der Waals surface area (Å²) in [4.78, 5) is 8.91. The van der Waals surface area contributed by atoms with Crippen molar-refractivity contribution >= 4 is 28.6 Å². The van der Waals surface area contributed by atoms with Crippen LogP contribution in [-0.2, 0) is 0 Å². The lowest BCUT2D eigenvalue weighted by molar-refractivity contribution is 0.419. The fourth-order valence-electron chi connectivity index (χ4n) is 1.79. The minimum absolute atomic E-state index is 0.333. The molecular weight excluding hydrogens is 324 g/mol. The number of nitrogens with zero attached hydrogens (tertiary/aromatic N) is 3. The molecule has 0 unspecified atom stereocenters. The van der Waals surface area contributed by atoms with Crippen LogP contribution in [0.1, 0.15) is 13.8 Å². The van der Waals surface area contributed by atoms with Crippen molar-refractivity contribution in [1.29, 1.82) is 0 Å². The van der Waals surface area contributed by atoms with Gasteiger partial charge in [-0.05, 0) is 32.0 Å². The predicted molar refractivity (Wildman–Crippen MR) is 85.7 cm³/mol. The molecule has 0 amide bonds. The highest BCUT2D eigenvalue weighted by atomic mass is 35.5. The van der Waals surface area contributed by atoms with Crippen LogP contribution in [0.5, 0.6) is 10.9 Å². The summed E-state index contributed by atoms with van der Waals surface area (Å²) in [5.41, 5.74) is 0.943. The van der Waals surface area contributed by atoms with Gasteiger partial charge in [0.25, 0.3) is 5.19 Å².